The summed E-state index contributed by atoms with van der Waals surface area (Å²) in [7, 11) is 0. The van der Waals surface area contributed by atoms with E-state index < -0.39 is 0 Å². The SMILES string of the molecule is O=C(CCn1nnc2ccccc2c1=O)Nc1ccc(Cl)c(Cl)c1. The van der Waals surface area contributed by atoms with Gasteiger partial charge < -0.3 is 5.32 Å². The Kier molecular flexibility index (Phi) is 4.78. The van der Waals surface area contributed by atoms with Gasteiger partial charge in [0.05, 0.1) is 22.0 Å². The molecule has 1 aromatic heterocycles. The van der Waals surface area contributed by atoms with Crippen LogP contribution in [0.2, 0.25) is 10.0 Å². The maximum absolute atomic E-state index is 12.3. The molecule has 6 nitrogen and oxygen atoms in total. The molecule has 1 N–H and O–H groups in total. The molecule has 0 atom stereocenters. The number of hydrogen-bond donors (Lipinski definition) is 1. The van der Waals surface area contributed by atoms with Crippen molar-refractivity contribution in [3.63, 3.8) is 0 Å². The van der Waals surface area contributed by atoms with Gasteiger partial charge in [0.25, 0.3) is 5.56 Å². The van der Waals surface area contributed by atoms with Gasteiger partial charge in [-0.2, -0.15) is 0 Å². The van der Waals surface area contributed by atoms with Gasteiger partial charge in [-0.3, -0.25) is 9.59 Å². The highest BCUT2D eigenvalue weighted by Crippen LogP contribution is 2.25. The first-order chi connectivity index (χ1) is 11.5. The van der Waals surface area contributed by atoms with Crippen LogP contribution < -0.4 is 10.9 Å². The van der Waals surface area contributed by atoms with Crippen LogP contribution in [0.3, 0.4) is 0 Å². The average Bonchev–Trinajstić information content (AvgIpc) is 2.58. The molecule has 24 heavy (non-hydrogen) atoms. The van der Waals surface area contributed by atoms with E-state index in [1.54, 1.807) is 42.5 Å². The van der Waals surface area contributed by atoms with E-state index in [-0.39, 0.29) is 24.4 Å². The fourth-order valence-corrected chi connectivity index (χ4v) is 2.47. The summed E-state index contributed by atoms with van der Waals surface area (Å²) < 4.78 is 1.18. The van der Waals surface area contributed by atoms with E-state index in [1.807, 2.05) is 0 Å². The number of fused-ring (bicyclic) bond motifs is 1. The Bertz CT molecular complexity index is 972. The molecule has 0 bridgehead atoms. The molecule has 0 radical (unpaired) electrons. The molecule has 0 aliphatic carbocycles. The molecule has 0 fully saturated rings. The van der Waals surface area contributed by atoms with Crippen LogP contribution in [0.4, 0.5) is 5.69 Å². The summed E-state index contributed by atoms with van der Waals surface area (Å²) in [4.78, 5) is 24.3. The largest absolute Gasteiger partial charge is 0.326 e. The highest BCUT2D eigenvalue weighted by atomic mass is 35.5. The second-order valence-electron chi connectivity index (χ2n) is 5.06. The van der Waals surface area contributed by atoms with Crippen molar-refractivity contribution in [3.05, 3.63) is 62.9 Å². The molecule has 0 spiro atoms. The number of benzene rings is 2. The van der Waals surface area contributed by atoms with Crippen molar-refractivity contribution in [2.75, 3.05) is 5.32 Å². The summed E-state index contributed by atoms with van der Waals surface area (Å²) in [5.74, 6) is -0.268. The molecular formula is C16H12Cl2N4O2. The van der Waals surface area contributed by atoms with Crippen molar-refractivity contribution in [3.8, 4) is 0 Å². The van der Waals surface area contributed by atoms with E-state index in [1.165, 1.54) is 4.68 Å². The third-order valence-corrected chi connectivity index (χ3v) is 4.12. The van der Waals surface area contributed by atoms with Crippen molar-refractivity contribution in [2.45, 2.75) is 13.0 Å². The number of carbonyl (C=O) groups is 1. The highest BCUT2D eigenvalue weighted by Gasteiger charge is 2.08. The number of aromatic nitrogens is 3. The molecule has 2 aromatic carbocycles. The minimum atomic E-state index is -0.275. The summed E-state index contributed by atoms with van der Waals surface area (Å²) >= 11 is 11.7. The summed E-state index contributed by atoms with van der Waals surface area (Å²) in [5, 5.41) is 11.7. The molecule has 122 valence electrons. The van der Waals surface area contributed by atoms with Gasteiger partial charge in [-0.15, -0.1) is 5.10 Å². The van der Waals surface area contributed by atoms with Gasteiger partial charge >= 0.3 is 0 Å². The second-order valence-corrected chi connectivity index (χ2v) is 5.88. The first kappa shape index (κ1) is 16.4. The molecule has 0 aliphatic heterocycles. The number of aryl methyl sites for hydroxylation is 1. The van der Waals surface area contributed by atoms with Gasteiger partial charge in [0.2, 0.25) is 5.91 Å². The Balaban J connectivity index is 1.69. The number of halogens is 2. The molecule has 8 heteroatoms. The van der Waals surface area contributed by atoms with Crippen LogP contribution in [0, 0.1) is 0 Å². The van der Waals surface area contributed by atoms with Crippen LogP contribution in [-0.2, 0) is 11.3 Å². The number of anilines is 1. The van der Waals surface area contributed by atoms with Crippen LogP contribution in [0.1, 0.15) is 6.42 Å². The van der Waals surface area contributed by atoms with Gasteiger partial charge in [0.15, 0.2) is 0 Å². The molecule has 0 unspecified atom stereocenters. The Morgan fingerprint density at radius 1 is 1.12 bits per heavy atom. The average molecular weight is 363 g/mol. The zero-order valence-electron chi connectivity index (χ0n) is 12.4. The zero-order chi connectivity index (χ0) is 17.1. The predicted molar refractivity (Wildman–Crippen MR) is 93.5 cm³/mol. The van der Waals surface area contributed by atoms with Crippen LogP contribution in [0.5, 0.6) is 0 Å². The monoisotopic (exact) mass is 362 g/mol. The first-order valence-electron chi connectivity index (χ1n) is 7.12. The number of carbonyl (C=O) groups excluding carboxylic acids is 1. The van der Waals surface area contributed by atoms with E-state index in [2.05, 4.69) is 15.6 Å². The number of nitrogens with one attached hydrogen (secondary N) is 1. The van der Waals surface area contributed by atoms with Crippen LogP contribution in [-0.4, -0.2) is 20.9 Å². The van der Waals surface area contributed by atoms with E-state index in [0.29, 0.717) is 26.6 Å². The lowest BCUT2D eigenvalue weighted by atomic mass is 10.2. The third-order valence-electron chi connectivity index (χ3n) is 3.38. The molecule has 3 aromatic rings. The summed E-state index contributed by atoms with van der Waals surface area (Å²) in [6.45, 7) is 0.129. The van der Waals surface area contributed by atoms with Crippen LogP contribution in [0.25, 0.3) is 10.9 Å². The van der Waals surface area contributed by atoms with Gasteiger partial charge in [-0.05, 0) is 30.3 Å². The van der Waals surface area contributed by atoms with Crippen LogP contribution in [0.15, 0.2) is 47.3 Å². The second kappa shape index (κ2) is 6.98. The lowest BCUT2D eigenvalue weighted by molar-refractivity contribution is -0.116. The van der Waals surface area contributed by atoms with E-state index >= 15 is 0 Å². The summed E-state index contributed by atoms with van der Waals surface area (Å²) in [6, 6.07) is 11.7. The fraction of sp³-hybridized carbons (Fsp3) is 0.125. The van der Waals surface area contributed by atoms with Crippen molar-refractivity contribution in [2.24, 2.45) is 0 Å². The number of hydrogen-bond acceptors (Lipinski definition) is 4. The smallest absolute Gasteiger partial charge is 0.277 e. The van der Waals surface area contributed by atoms with Crippen LogP contribution >= 0.6 is 23.2 Å². The summed E-state index contributed by atoms with van der Waals surface area (Å²) in [6.07, 6.45) is 0.0766. The molecule has 0 saturated heterocycles. The Morgan fingerprint density at radius 2 is 1.92 bits per heavy atom. The van der Waals surface area contributed by atoms with E-state index in [4.69, 9.17) is 23.2 Å². The lowest BCUT2D eigenvalue weighted by Crippen LogP contribution is -2.26. The Hall–Kier alpha value is -2.44. The highest BCUT2D eigenvalue weighted by molar-refractivity contribution is 6.42. The Morgan fingerprint density at radius 3 is 2.71 bits per heavy atom. The van der Waals surface area contributed by atoms with Crippen molar-refractivity contribution in [1.82, 2.24) is 15.0 Å². The van der Waals surface area contributed by atoms with Gasteiger partial charge in [0, 0.05) is 12.1 Å². The normalized spacial score (nSPS) is 10.8. The topological polar surface area (TPSA) is 76.9 Å². The molecule has 0 aliphatic rings. The van der Waals surface area contributed by atoms with E-state index in [0.717, 1.165) is 0 Å². The molecular weight excluding hydrogens is 351 g/mol. The standard InChI is InChI=1S/C16H12Cl2N4O2/c17-12-6-5-10(9-13(12)18)19-15(23)7-8-22-16(24)11-3-1-2-4-14(11)20-21-22/h1-6,9H,7-8H2,(H,19,23). The van der Waals surface area contributed by atoms with Crippen molar-refractivity contribution >= 4 is 45.7 Å². The first-order valence-corrected chi connectivity index (χ1v) is 7.87. The minimum absolute atomic E-state index is 0.0766. The van der Waals surface area contributed by atoms with Crippen molar-refractivity contribution < 1.29 is 4.79 Å². The van der Waals surface area contributed by atoms with Gasteiger partial charge in [0.1, 0.15) is 5.52 Å². The Labute approximate surface area is 147 Å². The maximum Gasteiger partial charge on any atom is 0.277 e. The number of rotatable bonds is 4. The molecule has 1 amide bonds. The fourth-order valence-electron chi connectivity index (χ4n) is 2.17. The van der Waals surface area contributed by atoms with Gasteiger partial charge in [-0.1, -0.05) is 40.5 Å². The quantitative estimate of drug-likeness (QED) is 0.773. The van der Waals surface area contributed by atoms with E-state index in [9.17, 15) is 9.59 Å². The molecule has 1 heterocycles. The lowest BCUT2D eigenvalue weighted by Gasteiger charge is -2.07. The zero-order valence-corrected chi connectivity index (χ0v) is 13.9. The molecule has 0 saturated carbocycles. The number of amides is 1. The van der Waals surface area contributed by atoms with Crippen molar-refractivity contribution in [1.29, 1.82) is 0 Å². The third kappa shape index (κ3) is 3.55. The van der Waals surface area contributed by atoms with Gasteiger partial charge in [-0.25, -0.2) is 4.68 Å². The molecule has 3 rings (SSSR count). The number of nitrogens with zero attached hydrogens (tertiary/aromatic N) is 3. The minimum Gasteiger partial charge on any atom is -0.326 e. The maximum atomic E-state index is 12.3. The summed E-state index contributed by atoms with van der Waals surface area (Å²) in [5.41, 5.74) is 0.785. The predicted octanol–water partition coefficient (Wildman–Crippen LogP) is 3.13.